The maximum Gasteiger partial charge on any atom is 0.146 e. The summed E-state index contributed by atoms with van der Waals surface area (Å²) in [5, 5.41) is 13.1. The lowest BCUT2D eigenvalue weighted by molar-refractivity contribution is 1.18. The molecule has 0 radical (unpaired) electrons. The molecule has 19 aromatic rings. The zero-order valence-electron chi connectivity index (χ0n) is 44.4. The number of thiophene rings is 2. The highest BCUT2D eigenvalue weighted by molar-refractivity contribution is 14.1. The second kappa shape index (κ2) is 19.6. The number of benzene rings is 10. The molecule has 0 fully saturated rings. The van der Waals surface area contributed by atoms with Gasteiger partial charge >= 0.3 is 0 Å². The molecule has 0 aliphatic rings. The van der Waals surface area contributed by atoms with Crippen molar-refractivity contribution in [1.29, 1.82) is 0 Å². The van der Waals surface area contributed by atoms with Gasteiger partial charge in [-0.1, -0.05) is 121 Å². The van der Waals surface area contributed by atoms with Gasteiger partial charge in [-0.15, -0.1) is 22.7 Å². The van der Waals surface area contributed by atoms with Gasteiger partial charge in [-0.25, -0.2) is 15.0 Å². The number of fused-ring (bicyclic) bond motifs is 21. The molecule has 0 saturated carbocycles. The zero-order valence-corrected chi connectivity index (χ0v) is 48.9. The third kappa shape index (κ3) is 7.83. The average Bonchev–Trinajstić information content (AvgIpc) is 2.36. The summed E-state index contributed by atoms with van der Waals surface area (Å²) in [4.78, 5) is 22.3. The van der Waals surface area contributed by atoms with Gasteiger partial charge in [-0.3, -0.25) is 9.38 Å². The van der Waals surface area contributed by atoms with Crippen molar-refractivity contribution >= 4 is 190 Å². The number of nitrogens with one attached hydrogen (secondary N) is 1. The predicted molar refractivity (Wildman–Crippen MR) is 363 cm³/mol. The van der Waals surface area contributed by atoms with E-state index in [1.807, 2.05) is 65.3 Å². The monoisotopic (exact) mass is 1240 g/mol. The number of nitrogens with zero attached hydrogens (tertiary/aromatic N) is 7. The fraction of sp³-hybridized carbons (Fsp3) is 0. The summed E-state index contributed by atoms with van der Waals surface area (Å²) in [6.45, 7) is 0. The Bertz CT molecular complexity index is 5800. The number of imidazole rings is 2. The summed E-state index contributed by atoms with van der Waals surface area (Å²) in [7, 11) is 0. The Balaban J connectivity index is 0.000000118. The van der Waals surface area contributed by atoms with Gasteiger partial charge in [0, 0.05) is 102 Å². The smallest absolute Gasteiger partial charge is 0.146 e. The van der Waals surface area contributed by atoms with E-state index in [4.69, 9.17) is 26.6 Å². The van der Waals surface area contributed by atoms with Crippen molar-refractivity contribution in [2.45, 2.75) is 0 Å². The normalized spacial score (nSPS) is 11.9. The first-order valence-electron chi connectivity index (χ1n) is 27.6. The first kappa shape index (κ1) is 49.1. The SMILES string of the molecule is Clc1ncccc1I.c1ccc(-n2c3cc(-c4nc5ccccc5[nH]4)ccc3c3cc4c(cc32)sc2ccccc24)cc1.c1ccc(-n2c3cc4sc5ccccc5c4cc3c3cc4c(cc32)c2nc3ccccc3n2c2cccnc42)cc1. The number of H-pyrrole nitrogens is 1. The van der Waals surface area contributed by atoms with E-state index in [0.29, 0.717) is 5.15 Å². The van der Waals surface area contributed by atoms with Gasteiger partial charge in [0.2, 0.25) is 0 Å². The van der Waals surface area contributed by atoms with Crippen LogP contribution in [0.15, 0.2) is 249 Å². The maximum absolute atomic E-state index is 5.59. The molecular weight excluding hydrogens is 1200 g/mol. The summed E-state index contributed by atoms with van der Waals surface area (Å²) in [6, 6.07) is 84.2. The van der Waals surface area contributed by atoms with Crippen LogP contribution in [-0.2, 0) is 0 Å². The first-order valence-corrected chi connectivity index (χ1v) is 30.6. The summed E-state index contributed by atoms with van der Waals surface area (Å²) in [5.74, 6) is 0.893. The fourth-order valence-corrected chi connectivity index (χ4v) is 15.2. The highest BCUT2D eigenvalue weighted by atomic mass is 127. The molecule has 19 rings (SSSR count). The van der Waals surface area contributed by atoms with E-state index in [1.54, 1.807) is 6.20 Å². The Morgan fingerprint density at radius 2 is 0.929 bits per heavy atom. The molecule has 1 N–H and O–H groups in total. The van der Waals surface area contributed by atoms with Crippen molar-refractivity contribution in [2.24, 2.45) is 0 Å². The molecule has 0 bridgehead atoms. The Labute approximate surface area is 505 Å². The lowest BCUT2D eigenvalue weighted by Crippen LogP contribution is -1.95. The van der Waals surface area contributed by atoms with Crippen LogP contribution in [0.5, 0.6) is 0 Å². The molecule has 0 spiro atoms. The van der Waals surface area contributed by atoms with Crippen LogP contribution < -0.4 is 0 Å². The Hall–Kier alpha value is -9.50. The van der Waals surface area contributed by atoms with Gasteiger partial charge in [0.25, 0.3) is 0 Å². The molecule has 396 valence electrons. The highest BCUT2D eigenvalue weighted by Crippen LogP contribution is 2.45. The van der Waals surface area contributed by atoms with Crippen LogP contribution in [0.4, 0.5) is 0 Å². The molecule has 0 saturated heterocycles. The number of pyridine rings is 3. The minimum Gasteiger partial charge on any atom is -0.338 e. The van der Waals surface area contributed by atoms with Crippen molar-refractivity contribution in [3.05, 3.63) is 258 Å². The predicted octanol–water partition coefficient (Wildman–Crippen LogP) is 20.7. The van der Waals surface area contributed by atoms with Gasteiger partial charge in [-0.05, 0) is 150 Å². The van der Waals surface area contributed by atoms with E-state index < -0.39 is 0 Å². The summed E-state index contributed by atoms with van der Waals surface area (Å²) in [5.41, 5.74) is 15.3. The van der Waals surface area contributed by atoms with Crippen molar-refractivity contribution in [3.63, 3.8) is 0 Å². The molecule has 0 amide bonds. The number of aromatic nitrogens is 8. The van der Waals surface area contributed by atoms with E-state index in [-0.39, 0.29) is 0 Å². The molecule has 9 heterocycles. The van der Waals surface area contributed by atoms with Gasteiger partial charge in [-0.2, -0.15) is 0 Å². The van der Waals surface area contributed by atoms with E-state index in [1.165, 1.54) is 84.0 Å². The van der Waals surface area contributed by atoms with Gasteiger partial charge in [0.1, 0.15) is 16.6 Å². The van der Waals surface area contributed by atoms with E-state index in [0.717, 1.165) is 75.9 Å². The molecule has 9 aromatic heterocycles. The van der Waals surface area contributed by atoms with Crippen molar-refractivity contribution in [3.8, 4) is 22.8 Å². The second-order valence-electron chi connectivity index (χ2n) is 20.9. The van der Waals surface area contributed by atoms with Crippen LogP contribution in [0, 0.1) is 3.57 Å². The third-order valence-electron chi connectivity index (χ3n) is 16.2. The van der Waals surface area contributed by atoms with Crippen LogP contribution in [-0.4, -0.2) is 38.5 Å². The number of hydrogen-bond acceptors (Lipinski definition) is 6. The van der Waals surface area contributed by atoms with Crippen molar-refractivity contribution in [2.75, 3.05) is 0 Å². The minimum atomic E-state index is 0.577. The number of aromatic amines is 1. The molecule has 0 unspecified atom stereocenters. The number of hydrogen-bond donors (Lipinski definition) is 1. The van der Waals surface area contributed by atoms with Gasteiger partial charge in [0.15, 0.2) is 0 Å². The molecule has 10 aromatic carbocycles. The molecule has 12 heteroatoms. The minimum absolute atomic E-state index is 0.577. The molecule has 0 aliphatic carbocycles. The third-order valence-corrected chi connectivity index (χ3v) is 19.9. The van der Waals surface area contributed by atoms with Crippen LogP contribution in [0.2, 0.25) is 5.15 Å². The molecule has 0 aliphatic heterocycles. The van der Waals surface area contributed by atoms with E-state index in [9.17, 15) is 0 Å². The summed E-state index contributed by atoms with van der Waals surface area (Å²) in [6.07, 6.45) is 3.57. The largest absolute Gasteiger partial charge is 0.338 e. The Morgan fingerprint density at radius 1 is 0.381 bits per heavy atom. The second-order valence-corrected chi connectivity index (χ2v) is 24.6. The van der Waals surface area contributed by atoms with Crippen LogP contribution in [0.1, 0.15) is 0 Å². The van der Waals surface area contributed by atoms with E-state index >= 15 is 0 Å². The van der Waals surface area contributed by atoms with Gasteiger partial charge in [0.05, 0.1) is 58.7 Å². The maximum atomic E-state index is 5.59. The Kier molecular flexibility index (Phi) is 11.4. The number of halogens is 2. The standard InChI is InChI=1S/C36H20N4S.C31H19N3S.C5H3ClIN/c1-2-9-21(10-3-1)39-31-19-27-26(35-30(14-8-16-37-35)40-29-13-6-5-12-28(29)38-36(27)40)18-24(31)23-17-25-22-11-4-7-15-33(22)41-34(25)20-32(23)39;1-2-8-20(9-3-1)34-27-16-19(31-32-25-11-5-6-12-26(25)33-31)14-15-21(27)23-17-24-22-10-4-7-13-29(22)35-30(24)18-28(23)34;6-5-4(7)2-1-3-8-5/h1-20H;1-18H,(H,32,33);1-3H. The lowest BCUT2D eigenvalue weighted by Gasteiger charge is -2.11. The topological polar surface area (TPSA) is 81.6 Å². The number of para-hydroxylation sites is 6. The molecule has 0 atom stereocenters. The van der Waals surface area contributed by atoms with Crippen molar-refractivity contribution < 1.29 is 0 Å². The Morgan fingerprint density at radius 3 is 1.58 bits per heavy atom. The molecule has 8 nitrogen and oxygen atoms in total. The van der Waals surface area contributed by atoms with Gasteiger partial charge < -0.3 is 14.1 Å². The summed E-state index contributed by atoms with van der Waals surface area (Å²) < 4.78 is 13.3. The molecule has 84 heavy (non-hydrogen) atoms. The first-order chi connectivity index (χ1) is 41.5. The fourth-order valence-electron chi connectivity index (χ4n) is 12.4. The number of rotatable bonds is 3. The average molecular weight is 1250 g/mol. The van der Waals surface area contributed by atoms with Crippen LogP contribution in [0.25, 0.3) is 156 Å². The van der Waals surface area contributed by atoms with Crippen LogP contribution in [0.3, 0.4) is 0 Å². The summed E-state index contributed by atoms with van der Waals surface area (Å²) >= 11 is 11.4. The van der Waals surface area contributed by atoms with Crippen molar-refractivity contribution in [1.82, 2.24) is 38.5 Å². The lowest BCUT2D eigenvalue weighted by atomic mass is 10.0. The quantitative estimate of drug-likeness (QED) is 0.109. The van der Waals surface area contributed by atoms with Crippen LogP contribution >= 0.6 is 56.9 Å². The van der Waals surface area contributed by atoms with E-state index in [2.05, 4.69) is 246 Å². The zero-order chi connectivity index (χ0) is 55.6. The highest BCUT2D eigenvalue weighted by Gasteiger charge is 2.22. The molecular formula is C72H42ClIN8S2.